The first-order valence-corrected chi connectivity index (χ1v) is 11.9. The van der Waals surface area contributed by atoms with Crippen molar-refractivity contribution in [1.82, 2.24) is 29.9 Å². The normalized spacial score (nSPS) is 16.4. The predicted molar refractivity (Wildman–Crippen MR) is 138 cm³/mol. The molecule has 2 amide bonds. The molecule has 3 aromatic rings. The molecule has 196 valence electrons. The number of nitrogens with two attached hydrogens (primary N) is 2. The van der Waals surface area contributed by atoms with E-state index < -0.39 is 5.54 Å². The maximum absolute atomic E-state index is 13.7. The zero-order valence-corrected chi connectivity index (χ0v) is 21.6. The number of carbonyl (C=O) groups excluding carboxylic acids is 2. The Balaban J connectivity index is 1.70. The molecule has 1 saturated heterocycles. The maximum atomic E-state index is 13.7. The largest absolute Gasteiger partial charge is 0.384 e. The molecule has 0 unspecified atom stereocenters. The molecule has 0 bridgehead atoms. The third kappa shape index (κ3) is 4.96. The van der Waals surface area contributed by atoms with Crippen molar-refractivity contribution in [1.29, 1.82) is 0 Å². The maximum Gasteiger partial charge on any atom is 0.275 e. The van der Waals surface area contributed by atoms with E-state index >= 15 is 0 Å². The van der Waals surface area contributed by atoms with Crippen molar-refractivity contribution >= 4 is 23.3 Å². The van der Waals surface area contributed by atoms with Crippen molar-refractivity contribution in [2.45, 2.75) is 45.6 Å². The molecule has 1 fully saturated rings. The second kappa shape index (κ2) is 9.43. The van der Waals surface area contributed by atoms with Gasteiger partial charge in [0, 0.05) is 24.2 Å². The van der Waals surface area contributed by atoms with Gasteiger partial charge in [0.15, 0.2) is 5.65 Å². The summed E-state index contributed by atoms with van der Waals surface area (Å²) in [5.74, 6) is 4.34. The summed E-state index contributed by atoms with van der Waals surface area (Å²) >= 11 is 0. The summed E-state index contributed by atoms with van der Waals surface area (Å²) in [4.78, 5) is 34.6. The number of nitrogens with one attached hydrogen (secondary N) is 1. The van der Waals surface area contributed by atoms with Crippen LogP contribution in [0.4, 0.5) is 4.39 Å². The first kappa shape index (κ1) is 26.0. The first-order valence-electron chi connectivity index (χ1n) is 11.9. The molecule has 0 spiro atoms. The summed E-state index contributed by atoms with van der Waals surface area (Å²) in [6.07, 6.45) is 1.57. The van der Waals surface area contributed by atoms with E-state index in [0.717, 1.165) is 11.1 Å². The quantitative estimate of drug-likeness (QED) is 0.205. The van der Waals surface area contributed by atoms with Gasteiger partial charge in [-0.1, -0.05) is 20.8 Å². The number of carbonyl (C=O) groups is 2. The average Bonchev–Trinajstić information content (AvgIpc) is 3.25. The van der Waals surface area contributed by atoms with Crippen LogP contribution in [0, 0.1) is 5.82 Å². The van der Waals surface area contributed by atoms with Gasteiger partial charge in [-0.25, -0.2) is 25.3 Å². The van der Waals surface area contributed by atoms with Crippen LogP contribution in [0.2, 0.25) is 0 Å². The summed E-state index contributed by atoms with van der Waals surface area (Å²) in [6, 6.07) is 8.00. The van der Waals surface area contributed by atoms with E-state index in [1.54, 1.807) is 36.7 Å². The van der Waals surface area contributed by atoms with E-state index in [1.807, 2.05) is 26.8 Å². The van der Waals surface area contributed by atoms with E-state index in [-0.39, 0.29) is 54.2 Å². The molecular weight excluding hydrogens is 477 g/mol. The Kier molecular flexibility index (Phi) is 6.63. The van der Waals surface area contributed by atoms with Gasteiger partial charge >= 0.3 is 0 Å². The van der Waals surface area contributed by atoms with E-state index in [1.165, 1.54) is 21.9 Å². The summed E-state index contributed by atoms with van der Waals surface area (Å²) in [5, 5.41) is 8.35. The minimum atomic E-state index is -1.14. The number of fused-ring (bicyclic) bond motifs is 1. The smallest absolute Gasteiger partial charge is 0.275 e. The molecule has 12 heteroatoms. The highest BCUT2D eigenvalue weighted by molar-refractivity contribution is 6.00. The van der Waals surface area contributed by atoms with Crippen molar-refractivity contribution in [3.05, 3.63) is 53.6 Å². The number of hydrogen-bond acceptors (Lipinski definition) is 7. The van der Waals surface area contributed by atoms with Crippen LogP contribution < -0.4 is 17.1 Å². The van der Waals surface area contributed by atoms with Gasteiger partial charge in [-0.2, -0.15) is 10.2 Å². The van der Waals surface area contributed by atoms with E-state index in [4.69, 9.17) is 11.6 Å². The number of hydrazone groups is 1. The standard InChI is InChI=1S/C25H32FN9O2/c1-24(2,3)17-12-18(15-6-8-16(26)9-7-15)31-35-13-19(29-21(17)35)22(36)34-11-10-33(14-20(27)30-32-28)23(37)25(34,4)5/h6-9,12-13,32H,10-11,14,28H2,1-5H3,(H2,27,30). The van der Waals surface area contributed by atoms with Crippen LogP contribution in [0.25, 0.3) is 16.9 Å². The number of rotatable bonds is 5. The van der Waals surface area contributed by atoms with Crippen molar-refractivity contribution in [3.63, 3.8) is 0 Å². The lowest BCUT2D eigenvalue weighted by Gasteiger charge is -2.45. The Morgan fingerprint density at radius 3 is 2.51 bits per heavy atom. The highest BCUT2D eigenvalue weighted by atomic mass is 19.1. The molecule has 11 nitrogen and oxygen atoms in total. The van der Waals surface area contributed by atoms with Crippen LogP contribution >= 0.6 is 0 Å². The minimum absolute atomic E-state index is 0.0912. The van der Waals surface area contributed by atoms with Gasteiger partial charge in [-0.05, 0) is 49.6 Å². The molecule has 4 rings (SSSR count). The number of amidine groups is 1. The summed E-state index contributed by atoms with van der Waals surface area (Å²) in [6.45, 7) is 10.2. The number of aromatic nitrogens is 3. The molecule has 1 aromatic carbocycles. The lowest BCUT2D eigenvalue weighted by Crippen LogP contribution is -2.65. The topological polar surface area (TPSA) is 147 Å². The van der Waals surface area contributed by atoms with Crippen LogP contribution in [0.1, 0.15) is 50.7 Å². The molecule has 5 N–H and O–H groups in total. The molecule has 37 heavy (non-hydrogen) atoms. The fraction of sp³-hybridized carbons (Fsp3) is 0.400. The van der Waals surface area contributed by atoms with Crippen molar-refractivity contribution < 1.29 is 14.0 Å². The zero-order chi connectivity index (χ0) is 27.1. The molecule has 3 heterocycles. The van der Waals surface area contributed by atoms with E-state index in [0.29, 0.717) is 11.3 Å². The number of amides is 2. The molecule has 1 aliphatic rings. The fourth-order valence-corrected chi connectivity index (χ4v) is 4.46. The van der Waals surface area contributed by atoms with Gasteiger partial charge in [0.2, 0.25) is 5.91 Å². The van der Waals surface area contributed by atoms with E-state index in [9.17, 15) is 14.0 Å². The highest BCUT2D eigenvalue weighted by Gasteiger charge is 2.45. The molecule has 1 aliphatic heterocycles. The number of imidazole rings is 1. The number of nitrogens with zero attached hydrogens (tertiary/aromatic N) is 6. The summed E-state index contributed by atoms with van der Waals surface area (Å²) in [5.41, 5.74) is 9.43. The van der Waals surface area contributed by atoms with Gasteiger partial charge in [0.05, 0.1) is 18.4 Å². The molecule has 0 aliphatic carbocycles. The van der Waals surface area contributed by atoms with Crippen LogP contribution in [0.5, 0.6) is 0 Å². The molecular formula is C25H32FN9O2. The van der Waals surface area contributed by atoms with Crippen molar-refractivity contribution in [2.24, 2.45) is 16.7 Å². The van der Waals surface area contributed by atoms with Gasteiger partial charge in [0.25, 0.3) is 5.91 Å². The zero-order valence-electron chi connectivity index (χ0n) is 21.6. The Morgan fingerprint density at radius 2 is 1.89 bits per heavy atom. The molecule has 0 atom stereocenters. The average molecular weight is 510 g/mol. The van der Waals surface area contributed by atoms with Crippen molar-refractivity contribution in [2.75, 3.05) is 19.6 Å². The summed E-state index contributed by atoms with van der Waals surface area (Å²) in [7, 11) is 0. The lowest BCUT2D eigenvalue weighted by molar-refractivity contribution is -0.145. The SMILES string of the molecule is CC(C)(C)c1cc(-c2ccc(F)cc2)nn2cc(C(=O)N3CCN(C/C(N)=N/NN)C(=O)C3(C)C)nc12. The van der Waals surface area contributed by atoms with Crippen LogP contribution in [0.15, 0.2) is 41.6 Å². The predicted octanol–water partition coefficient (Wildman–Crippen LogP) is 1.63. The number of piperazine rings is 1. The first-order chi connectivity index (χ1) is 17.3. The molecule has 2 aromatic heterocycles. The fourth-order valence-electron chi connectivity index (χ4n) is 4.46. The lowest BCUT2D eigenvalue weighted by atomic mass is 9.87. The van der Waals surface area contributed by atoms with Crippen LogP contribution in [-0.2, 0) is 10.2 Å². The Hall–Kier alpha value is -4.06. The van der Waals surface area contributed by atoms with Gasteiger partial charge < -0.3 is 15.5 Å². The number of hydrogen-bond donors (Lipinski definition) is 3. The van der Waals surface area contributed by atoms with Crippen molar-refractivity contribution in [3.8, 4) is 11.3 Å². The number of halogens is 1. The Labute approximate surface area is 214 Å². The Morgan fingerprint density at radius 1 is 1.22 bits per heavy atom. The number of benzene rings is 1. The second-order valence-electron chi connectivity index (χ2n) is 10.6. The number of hydrazine groups is 1. The highest BCUT2D eigenvalue weighted by Crippen LogP contribution is 2.31. The Bertz CT molecular complexity index is 1370. The second-order valence-corrected chi connectivity index (χ2v) is 10.6. The van der Waals surface area contributed by atoms with Gasteiger partial charge in [0.1, 0.15) is 22.9 Å². The minimum Gasteiger partial charge on any atom is -0.384 e. The summed E-state index contributed by atoms with van der Waals surface area (Å²) < 4.78 is 15.1. The van der Waals surface area contributed by atoms with Gasteiger partial charge in [-0.15, -0.1) is 0 Å². The third-order valence-electron chi connectivity index (χ3n) is 6.48. The van der Waals surface area contributed by atoms with Crippen LogP contribution in [-0.4, -0.2) is 67.2 Å². The van der Waals surface area contributed by atoms with Crippen LogP contribution in [0.3, 0.4) is 0 Å². The monoisotopic (exact) mass is 509 g/mol. The van der Waals surface area contributed by atoms with Gasteiger partial charge in [-0.3, -0.25) is 9.59 Å². The third-order valence-corrected chi connectivity index (χ3v) is 6.48. The molecule has 0 saturated carbocycles. The molecule has 0 radical (unpaired) electrons. The van der Waals surface area contributed by atoms with E-state index in [2.05, 4.69) is 20.7 Å².